The molecule has 0 aliphatic carbocycles. The maximum atomic E-state index is 12.1. The fourth-order valence-electron chi connectivity index (χ4n) is 1.84. The van der Waals surface area contributed by atoms with Crippen LogP contribution in [-0.4, -0.2) is 19.4 Å². The third kappa shape index (κ3) is 3.36. The van der Waals surface area contributed by atoms with Crippen molar-refractivity contribution < 1.29 is 4.79 Å². The van der Waals surface area contributed by atoms with Crippen LogP contribution in [0.5, 0.6) is 0 Å². The van der Waals surface area contributed by atoms with Gasteiger partial charge in [0.1, 0.15) is 0 Å². The van der Waals surface area contributed by atoms with Crippen molar-refractivity contribution >= 4 is 23.1 Å². The molecule has 2 aromatic carbocycles. The van der Waals surface area contributed by atoms with Crippen LogP contribution < -0.4 is 4.90 Å². The fraction of sp³-hybridized carbons (Fsp3) is 0.188. The lowest BCUT2D eigenvalue weighted by atomic mass is 10.1. The summed E-state index contributed by atoms with van der Waals surface area (Å²) in [7, 11) is 1.89. The van der Waals surface area contributed by atoms with Crippen molar-refractivity contribution in [2.75, 3.05) is 18.5 Å². The Morgan fingerprint density at radius 2 is 1.84 bits per heavy atom. The molecular weight excluding hydrogens is 258 g/mol. The second-order valence-electron chi connectivity index (χ2n) is 4.58. The molecule has 0 saturated carbocycles. The van der Waals surface area contributed by atoms with Crippen LogP contribution in [0, 0.1) is 6.92 Å². The van der Waals surface area contributed by atoms with E-state index >= 15 is 0 Å². The minimum Gasteiger partial charge on any atom is -0.367 e. The molecule has 0 atom stereocenters. The zero-order valence-electron chi connectivity index (χ0n) is 11.1. The van der Waals surface area contributed by atoms with Gasteiger partial charge in [-0.05, 0) is 24.6 Å². The van der Waals surface area contributed by atoms with Crippen molar-refractivity contribution in [3.05, 3.63) is 64.7 Å². The summed E-state index contributed by atoms with van der Waals surface area (Å²) < 4.78 is 0. The van der Waals surface area contributed by atoms with Gasteiger partial charge in [0.15, 0.2) is 5.78 Å². The van der Waals surface area contributed by atoms with Crippen LogP contribution in [0.15, 0.2) is 48.5 Å². The molecule has 98 valence electrons. The highest BCUT2D eigenvalue weighted by Crippen LogP contribution is 2.22. The molecule has 0 amide bonds. The molecule has 0 spiro atoms. The van der Waals surface area contributed by atoms with Crippen LogP contribution in [0.25, 0.3) is 0 Å². The van der Waals surface area contributed by atoms with Crippen molar-refractivity contribution in [3.63, 3.8) is 0 Å². The highest BCUT2D eigenvalue weighted by Gasteiger charge is 2.10. The Labute approximate surface area is 118 Å². The first-order chi connectivity index (χ1) is 9.08. The fourth-order valence-corrected chi connectivity index (χ4v) is 2.02. The molecule has 0 aromatic heterocycles. The molecule has 2 nitrogen and oxygen atoms in total. The number of carbonyl (C=O) groups is 1. The average Bonchev–Trinajstić information content (AvgIpc) is 2.42. The van der Waals surface area contributed by atoms with E-state index in [0.717, 1.165) is 21.8 Å². The third-order valence-corrected chi connectivity index (χ3v) is 3.48. The first kappa shape index (κ1) is 13.6. The summed E-state index contributed by atoms with van der Waals surface area (Å²) in [5, 5.41) is 0.719. The van der Waals surface area contributed by atoms with Gasteiger partial charge < -0.3 is 4.90 Å². The van der Waals surface area contributed by atoms with Crippen LogP contribution in [0.4, 0.5) is 5.69 Å². The van der Waals surface area contributed by atoms with Gasteiger partial charge in [0.05, 0.1) is 6.54 Å². The molecule has 0 N–H and O–H groups in total. The predicted octanol–water partition coefficient (Wildman–Crippen LogP) is 3.97. The van der Waals surface area contributed by atoms with Crippen LogP contribution in [0.3, 0.4) is 0 Å². The Hall–Kier alpha value is -1.80. The van der Waals surface area contributed by atoms with E-state index in [9.17, 15) is 4.79 Å². The Bertz CT molecular complexity index is 581. The van der Waals surface area contributed by atoms with E-state index in [1.54, 1.807) is 0 Å². The maximum Gasteiger partial charge on any atom is 0.182 e. The average molecular weight is 274 g/mol. The summed E-state index contributed by atoms with van der Waals surface area (Å²) >= 11 is 6.10. The molecule has 0 heterocycles. The van der Waals surface area contributed by atoms with Gasteiger partial charge in [0, 0.05) is 23.3 Å². The van der Waals surface area contributed by atoms with Gasteiger partial charge in [-0.15, -0.1) is 0 Å². The molecule has 2 aromatic rings. The normalized spacial score (nSPS) is 10.3. The van der Waals surface area contributed by atoms with Gasteiger partial charge in [-0.1, -0.05) is 48.0 Å². The van der Waals surface area contributed by atoms with Crippen molar-refractivity contribution in [2.24, 2.45) is 0 Å². The molecule has 0 bridgehead atoms. The van der Waals surface area contributed by atoms with Crippen molar-refractivity contribution in [1.82, 2.24) is 0 Å². The second-order valence-corrected chi connectivity index (χ2v) is 4.99. The minimum absolute atomic E-state index is 0.0970. The molecule has 2 rings (SSSR count). The lowest BCUT2D eigenvalue weighted by Crippen LogP contribution is -2.25. The Morgan fingerprint density at radius 1 is 1.16 bits per heavy atom. The number of ketones is 1. The summed E-state index contributed by atoms with van der Waals surface area (Å²) in [6, 6.07) is 15.1. The number of likely N-dealkylation sites (N-methyl/N-ethyl adjacent to an activating group) is 1. The van der Waals surface area contributed by atoms with E-state index in [2.05, 4.69) is 0 Å². The predicted molar refractivity (Wildman–Crippen MR) is 80.2 cm³/mol. The zero-order chi connectivity index (χ0) is 13.8. The molecule has 3 heteroatoms. The molecule has 0 fully saturated rings. The van der Waals surface area contributed by atoms with Crippen LogP contribution in [0.2, 0.25) is 5.02 Å². The summed E-state index contributed by atoms with van der Waals surface area (Å²) in [5.41, 5.74) is 2.71. The number of halogens is 1. The van der Waals surface area contributed by atoms with E-state index in [0.29, 0.717) is 6.54 Å². The van der Waals surface area contributed by atoms with Gasteiger partial charge in [-0.3, -0.25) is 4.79 Å². The number of anilines is 1. The number of nitrogens with zero attached hydrogens (tertiary/aromatic N) is 1. The first-order valence-corrected chi connectivity index (χ1v) is 6.51. The topological polar surface area (TPSA) is 20.3 Å². The van der Waals surface area contributed by atoms with E-state index < -0.39 is 0 Å². The first-order valence-electron chi connectivity index (χ1n) is 6.13. The number of rotatable bonds is 4. The lowest BCUT2D eigenvalue weighted by molar-refractivity contribution is 0.100. The van der Waals surface area contributed by atoms with Gasteiger partial charge in [-0.2, -0.15) is 0 Å². The summed E-state index contributed by atoms with van der Waals surface area (Å²) in [4.78, 5) is 14.0. The quantitative estimate of drug-likeness (QED) is 0.786. The SMILES string of the molecule is Cc1ccc(N(C)CC(=O)c2ccccc2)cc1Cl. The number of aryl methyl sites for hydroxylation is 1. The van der Waals surface area contributed by atoms with E-state index in [1.807, 2.05) is 67.4 Å². The summed E-state index contributed by atoms with van der Waals surface area (Å²) in [5.74, 6) is 0.0970. The van der Waals surface area contributed by atoms with Gasteiger partial charge in [-0.25, -0.2) is 0 Å². The van der Waals surface area contributed by atoms with Gasteiger partial charge in [0.2, 0.25) is 0 Å². The molecule has 0 aliphatic heterocycles. The van der Waals surface area contributed by atoms with Crippen LogP contribution in [0.1, 0.15) is 15.9 Å². The number of Topliss-reactive ketones (excluding diaryl/α,β-unsaturated/α-hetero) is 1. The third-order valence-electron chi connectivity index (χ3n) is 3.07. The highest BCUT2D eigenvalue weighted by molar-refractivity contribution is 6.31. The standard InChI is InChI=1S/C16H16ClNO/c1-12-8-9-14(10-15(12)17)18(2)11-16(19)13-6-4-3-5-7-13/h3-10H,11H2,1-2H3. The van der Waals surface area contributed by atoms with Crippen molar-refractivity contribution in [3.8, 4) is 0 Å². The minimum atomic E-state index is 0.0970. The van der Waals surface area contributed by atoms with E-state index in [4.69, 9.17) is 11.6 Å². The monoisotopic (exact) mass is 273 g/mol. The number of carbonyl (C=O) groups excluding carboxylic acids is 1. The molecule has 0 radical (unpaired) electrons. The van der Waals surface area contributed by atoms with Crippen LogP contribution in [-0.2, 0) is 0 Å². The zero-order valence-corrected chi connectivity index (χ0v) is 11.8. The largest absolute Gasteiger partial charge is 0.367 e. The molecule has 0 saturated heterocycles. The smallest absolute Gasteiger partial charge is 0.182 e. The number of hydrogen-bond donors (Lipinski definition) is 0. The van der Waals surface area contributed by atoms with Crippen LogP contribution >= 0.6 is 11.6 Å². The number of hydrogen-bond acceptors (Lipinski definition) is 2. The second kappa shape index (κ2) is 5.89. The number of benzene rings is 2. The molecule has 19 heavy (non-hydrogen) atoms. The van der Waals surface area contributed by atoms with E-state index in [1.165, 1.54) is 0 Å². The summed E-state index contributed by atoms with van der Waals surface area (Å²) in [6.45, 7) is 2.30. The Morgan fingerprint density at radius 3 is 2.47 bits per heavy atom. The van der Waals surface area contributed by atoms with Crippen molar-refractivity contribution in [1.29, 1.82) is 0 Å². The van der Waals surface area contributed by atoms with Gasteiger partial charge >= 0.3 is 0 Å². The Kier molecular flexibility index (Phi) is 4.23. The Balaban J connectivity index is 2.10. The summed E-state index contributed by atoms with van der Waals surface area (Å²) in [6.07, 6.45) is 0. The molecule has 0 unspecified atom stereocenters. The van der Waals surface area contributed by atoms with Gasteiger partial charge in [0.25, 0.3) is 0 Å². The maximum absolute atomic E-state index is 12.1. The van der Waals surface area contributed by atoms with Crippen molar-refractivity contribution in [2.45, 2.75) is 6.92 Å². The highest BCUT2D eigenvalue weighted by atomic mass is 35.5. The lowest BCUT2D eigenvalue weighted by Gasteiger charge is -2.19. The van der Waals surface area contributed by atoms with E-state index in [-0.39, 0.29) is 5.78 Å². The molecule has 0 aliphatic rings. The molecular formula is C16H16ClNO.